The molecule has 0 saturated heterocycles. The molecule has 0 aliphatic rings. The summed E-state index contributed by atoms with van der Waals surface area (Å²) in [4.78, 5) is 0. The number of aryl methyl sites for hydroxylation is 1. The molecule has 0 unspecified atom stereocenters. The molecule has 1 heterocycles. The first-order chi connectivity index (χ1) is 5.46. The molecule has 0 fully saturated rings. The lowest BCUT2D eigenvalue weighted by Gasteiger charge is -2.16. The highest BCUT2D eigenvalue weighted by Gasteiger charge is 2.22. The van der Waals surface area contributed by atoms with Crippen molar-refractivity contribution in [3.05, 3.63) is 23.2 Å². The molecular weight excluding hydrogens is 148 g/mol. The molecule has 0 amide bonds. The third-order valence-electron chi connectivity index (χ3n) is 2.14. The van der Waals surface area contributed by atoms with Gasteiger partial charge in [0.1, 0.15) is 5.76 Å². The van der Waals surface area contributed by atoms with Crippen LogP contribution < -0.4 is 0 Å². The maximum absolute atomic E-state index is 5.55. The number of furan rings is 1. The predicted octanol–water partition coefficient (Wildman–Crippen LogP) is 3.45. The molecule has 0 aliphatic carbocycles. The van der Waals surface area contributed by atoms with Gasteiger partial charge in [0.25, 0.3) is 0 Å². The van der Waals surface area contributed by atoms with Gasteiger partial charge in [-0.05, 0) is 24.5 Å². The van der Waals surface area contributed by atoms with E-state index < -0.39 is 0 Å². The van der Waals surface area contributed by atoms with Crippen molar-refractivity contribution in [3.63, 3.8) is 0 Å². The summed E-state index contributed by atoms with van der Waals surface area (Å²) in [5.41, 5.74) is 2.80. The largest absolute Gasteiger partial charge is 0.468 e. The van der Waals surface area contributed by atoms with Gasteiger partial charge in [0.05, 0.1) is 6.26 Å². The molecule has 0 spiro atoms. The Morgan fingerprint density at radius 3 is 2.25 bits per heavy atom. The Bertz CT molecular complexity index is 263. The van der Waals surface area contributed by atoms with Crippen molar-refractivity contribution in [1.29, 1.82) is 0 Å². The Hall–Kier alpha value is -0.720. The summed E-state index contributed by atoms with van der Waals surface area (Å²) < 4.78 is 5.55. The highest BCUT2D eigenvalue weighted by Crippen LogP contribution is 2.29. The number of hydrogen-bond donors (Lipinski definition) is 0. The van der Waals surface area contributed by atoms with Crippen LogP contribution in [0.3, 0.4) is 0 Å². The van der Waals surface area contributed by atoms with Crippen LogP contribution >= 0.6 is 0 Å². The zero-order valence-corrected chi connectivity index (χ0v) is 8.69. The van der Waals surface area contributed by atoms with Crippen molar-refractivity contribution in [2.45, 2.75) is 46.5 Å². The summed E-state index contributed by atoms with van der Waals surface area (Å²) in [5, 5.41) is 0. The lowest BCUT2D eigenvalue weighted by Crippen LogP contribution is -2.12. The first-order valence-electron chi connectivity index (χ1n) is 4.54. The Kier molecular flexibility index (Phi) is 2.31. The van der Waals surface area contributed by atoms with E-state index in [-0.39, 0.29) is 5.41 Å². The van der Waals surface area contributed by atoms with Gasteiger partial charge in [0.2, 0.25) is 0 Å². The Morgan fingerprint density at radius 2 is 1.92 bits per heavy atom. The fourth-order valence-corrected chi connectivity index (χ4v) is 1.54. The highest BCUT2D eigenvalue weighted by molar-refractivity contribution is 5.30. The lowest BCUT2D eigenvalue weighted by molar-refractivity contribution is 0.405. The monoisotopic (exact) mass is 166 g/mol. The van der Waals surface area contributed by atoms with Gasteiger partial charge < -0.3 is 4.42 Å². The van der Waals surface area contributed by atoms with Crippen molar-refractivity contribution in [2.24, 2.45) is 0 Å². The molecule has 0 bridgehead atoms. The second-order valence-corrected chi connectivity index (χ2v) is 4.33. The van der Waals surface area contributed by atoms with Crippen LogP contribution in [-0.4, -0.2) is 0 Å². The van der Waals surface area contributed by atoms with E-state index in [9.17, 15) is 0 Å². The third-order valence-corrected chi connectivity index (χ3v) is 2.14. The van der Waals surface area contributed by atoms with Gasteiger partial charge in [-0.2, -0.15) is 0 Å². The molecule has 1 aromatic rings. The van der Waals surface area contributed by atoms with Gasteiger partial charge in [-0.25, -0.2) is 0 Å². The highest BCUT2D eigenvalue weighted by atomic mass is 16.3. The molecule has 0 aromatic carbocycles. The summed E-state index contributed by atoms with van der Waals surface area (Å²) in [6, 6.07) is 0. The van der Waals surface area contributed by atoms with E-state index in [1.807, 2.05) is 6.26 Å². The second-order valence-electron chi connectivity index (χ2n) is 4.33. The SMILES string of the molecule is CCc1c(C)coc1C(C)(C)C. The maximum Gasteiger partial charge on any atom is 0.112 e. The minimum atomic E-state index is 0.138. The van der Waals surface area contributed by atoms with Crippen molar-refractivity contribution in [2.75, 3.05) is 0 Å². The smallest absolute Gasteiger partial charge is 0.112 e. The number of rotatable bonds is 1. The van der Waals surface area contributed by atoms with Crippen LogP contribution in [0.5, 0.6) is 0 Å². The van der Waals surface area contributed by atoms with Crippen LogP contribution in [0.2, 0.25) is 0 Å². The Balaban J connectivity index is 3.16. The Morgan fingerprint density at radius 1 is 1.33 bits per heavy atom. The first kappa shape index (κ1) is 9.37. The molecule has 1 rings (SSSR count). The van der Waals surface area contributed by atoms with E-state index in [1.54, 1.807) is 0 Å². The third kappa shape index (κ3) is 1.55. The summed E-state index contributed by atoms with van der Waals surface area (Å²) in [6.07, 6.45) is 2.92. The normalized spacial score (nSPS) is 12.1. The summed E-state index contributed by atoms with van der Waals surface area (Å²) in [6.45, 7) is 10.8. The molecule has 68 valence electrons. The molecule has 0 radical (unpaired) electrons. The molecule has 1 aromatic heterocycles. The minimum absolute atomic E-state index is 0.138. The molecule has 0 atom stereocenters. The van der Waals surface area contributed by atoms with Crippen molar-refractivity contribution in [3.8, 4) is 0 Å². The fraction of sp³-hybridized carbons (Fsp3) is 0.636. The molecule has 1 heteroatoms. The van der Waals surface area contributed by atoms with Crippen LogP contribution in [0.25, 0.3) is 0 Å². The van der Waals surface area contributed by atoms with Gasteiger partial charge in [0, 0.05) is 5.41 Å². The predicted molar refractivity (Wildman–Crippen MR) is 51.5 cm³/mol. The standard InChI is InChI=1S/C11H18O/c1-6-9-8(2)7-12-10(9)11(3,4)5/h7H,6H2,1-5H3. The van der Waals surface area contributed by atoms with Crippen LogP contribution in [0.15, 0.2) is 10.7 Å². The zero-order valence-electron chi connectivity index (χ0n) is 8.69. The molecule has 0 N–H and O–H groups in total. The fourth-order valence-electron chi connectivity index (χ4n) is 1.54. The van der Waals surface area contributed by atoms with Crippen LogP contribution in [0.1, 0.15) is 44.6 Å². The summed E-state index contributed by atoms with van der Waals surface area (Å²) in [5.74, 6) is 1.14. The van der Waals surface area contributed by atoms with Gasteiger partial charge in [-0.1, -0.05) is 27.7 Å². The average molecular weight is 166 g/mol. The van der Waals surface area contributed by atoms with Gasteiger partial charge in [-0.3, -0.25) is 0 Å². The van der Waals surface area contributed by atoms with Crippen molar-refractivity contribution >= 4 is 0 Å². The summed E-state index contributed by atoms with van der Waals surface area (Å²) in [7, 11) is 0. The molecule has 1 nitrogen and oxygen atoms in total. The molecule has 0 aliphatic heterocycles. The Labute approximate surface area is 74.8 Å². The van der Waals surface area contributed by atoms with Crippen LogP contribution in [0.4, 0.5) is 0 Å². The topological polar surface area (TPSA) is 13.1 Å². The van der Waals surface area contributed by atoms with Gasteiger partial charge in [-0.15, -0.1) is 0 Å². The van der Waals surface area contributed by atoms with Gasteiger partial charge in [0.15, 0.2) is 0 Å². The van der Waals surface area contributed by atoms with E-state index in [2.05, 4.69) is 34.6 Å². The van der Waals surface area contributed by atoms with Crippen molar-refractivity contribution < 1.29 is 4.42 Å². The minimum Gasteiger partial charge on any atom is -0.468 e. The summed E-state index contributed by atoms with van der Waals surface area (Å²) >= 11 is 0. The molecule has 0 saturated carbocycles. The first-order valence-corrected chi connectivity index (χ1v) is 4.54. The van der Waals surface area contributed by atoms with E-state index in [4.69, 9.17) is 4.42 Å². The average Bonchev–Trinajstić information content (AvgIpc) is 2.29. The maximum atomic E-state index is 5.55. The van der Waals surface area contributed by atoms with E-state index in [1.165, 1.54) is 11.1 Å². The van der Waals surface area contributed by atoms with Crippen LogP contribution in [0, 0.1) is 6.92 Å². The van der Waals surface area contributed by atoms with E-state index in [0.29, 0.717) is 0 Å². The van der Waals surface area contributed by atoms with Crippen molar-refractivity contribution in [1.82, 2.24) is 0 Å². The molecule has 12 heavy (non-hydrogen) atoms. The lowest BCUT2D eigenvalue weighted by atomic mass is 9.89. The quantitative estimate of drug-likeness (QED) is 0.622. The van der Waals surface area contributed by atoms with Gasteiger partial charge >= 0.3 is 0 Å². The second kappa shape index (κ2) is 2.96. The van der Waals surface area contributed by atoms with Crippen LogP contribution in [-0.2, 0) is 11.8 Å². The van der Waals surface area contributed by atoms with E-state index >= 15 is 0 Å². The number of hydrogen-bond acceptors (Lipinski definition) is 1. The molecular formula is C11H18O. The van der Waals surface area contributed by atoms with E-state index in [0.717, 1.165) is 12.2 Å². The zero-order chi connectivity index (χ0) is 9.35.